The van der Waals surface area contributed by atoms with Crippen LogP contribution >= 0.6 is 0 Å². The fourth-order valence-corrected chi connectivity index (χ4v) is 2.23. The number of ether oxygens (including phenoxy) is 1. The second-order valence-electron chi connectivity index (χ2n) is 5.37. The zero-order chi connectivity index (χ0) is 15.2. The second-order valence-corrected chi connectivity index (χ2v) is 5.37. The summed E-state index contributed by atoms with van der Waals surface area (Å²) in [7, 11) is 0. The van der Waals surface area contributed by atoms with E-state index in [0.29, 0.717) is 30.7 Å². The molecule has 0 saturated heterocycles. The van der Waals surface area contributed by atoms with Crippen LogP contribution in [0.2, 0.25) is 0 Å². The maximum atomic E-state index is 5.93. The van der Waals surface area contributed by atoms with Gasteiger partial charge in [-0.2, -0.15) is 4.98 Å². The summed E-state index contributed by atoms with van der Waals surface area (Å²) >= 11 is 0. The largest absolute Gasteiger partial charge is 0.399 e. The Hall–Kier alpha value is -1.88. The average molecular weight is 289 g/mol. The number of nitrogen functional groups attached to an aromatic ring is 1. The zero-order valence-corrected chi connectivity index (χ0v) is 12.9. The number of nitrogens with two attached hydrogens (primary N) is 1. The van der Waals surface area contributed by atoms with E-state index in [9.17, 15) is 0 Å². The van der Waals surface area contributed by atoms with Gasteiger partial charge in [0.25, 0.3) is 0 Å². The minimum atomic E-state index is -0.116. The number of para-hydroxylation sites is 1. The second kappa shape index (κ2) is 7.22. The monoisotopic (exact) mass is 289 g/mol. The van der Waals surface area contributed by atoms with Crippen molar-refractivity contribution in [2.75, 3.05) is 12.3 Å². The topological polar surface area (TPSA) is 74.2 Å². The third-order valence-electron chi connectivity index (χ3n) is 3.35. The lowest BCUT2D eigenvalue weighted by molar-refractivity contribution is 0.0217. The van der Waals surface area contributed by atoms with Gasteiger partial charge in [0.1, 0.15) is 6.10 Å². The lowest BCUT2D eigenvalue weighted by atomic mass is 10.1. The first-order valence-electron chi connectivity index (χ1n) is 7.39. The van der Waals surface area contributed by atoms with E-state index in [1.165, 1.54) is 0 Å². The van der Waals surface area contributed by atoms with Crippen molar-refractivity contribution >= 4 is 5.69 Å². The first kappa shape index (κ1) is 15.5. The maximum absolute atomic E-state index is 5.93. The molecule has 0 bridgehead atoms. The summed E-state index contributed by atoms with van der Waals surface area (Å²) in [4.78, 5) is 4.45. The number of anilines is 1. The maximum Gasteiger partial charge on any atom is 0.227 e. The van der Waals surface area contributed by atoms with Crippen molar-refractivity contribution < 1.29 is 9.26 Å². The lowest BCUT2D eigenvalue weighted by Crippen LogP contribution is -2.12. The van der Waals surface area contributed by atoms with E-state index in [-0.39, 0.29) is 6.10 Å². The van der Waals surface area contributed by atoms with Gasteiger partial charge in [-0.3, -0.25) is 0 Å². The summed E-state index contributed by atoms with van der Waals surface area (Å²) in [6, 6.07) is 7.83. The molecule has 5 nitrogen and oxygen atoms in total. The molecule has 1 aromatic carbocycles. The number of hydrogen-bond donors (Lipinski definition) is 1. The van der Waals surface area contributed by atoms with Gasteiger partial charge in [-0.25, -0.2) is 0 Å². The lowest BCUT2D eigenvalue weighted by Gasteiger charge is -2.16. The molecule has 1 atom stereocenters. The number of aryl methyl sites for hydroxylation is 2. The molecule has 2 aromatic rings. The number of hydrogen-bond acceptors (Lipinski definition) is 5. The normalized spacial score (nSPS) is 12.8. The van der Waals surface area contributed by atoms with Crippen LogP contribution in [0.3, 0.4) is 0 Å². The Balaban J connectivity index is 2.01. The smallest absolute Gasteiger partial charge is 0.227 e. The quantitative estimate of drug-likeness (QED) is 0.792. The fraction of sp³-hybridized carbons (Fsp3) is 0.500. The first-order chi connectivity index (χ1) is 10.1. The zero-order valence-electron chi connectivity index (χ0n) is 12.9. The van der Waals surface area contributed by atoms with Gasteiger partial charge < -0.3 is 15.0 Å². The van der Waals surface area contributed by atoms with Crippen molar-refractivity contribution in [3.63, 3.8) is 0 Å². The Morgan fingerprint density at radius 1 is 1.24 bits per heavy atom. The number of aromatic nitrogens is 2. The summed E-state index contributed by atoms with van der Waals surface area (Å²) < 4.78 is 11.0. The van der Waals surface area contributed by atoms with Crippen LogP contribution in [-0.4, -0.2) is 16.7 Å². The van der Waals surface area contributed by atoms with Crippen LogP contribution in [0.1, 0.15) is 44.2 Å². The van der Waals surface area contributed by atoms with Gasteiger partial charge in [-0.15, -0.1) is 0 Å². The summed E-state index contributed by atoms with van der Waals surface area (Å²) in [6.07, 6.45) is 1.35. The highest BCUT2D eigenvalue weighted by atomic mass is 16.5. The first-order valence-corrected chi connectivity index (χ1v) is 7.39. The summed E-state index contributed by atoms with van der Waals surface area (Å²) in [5.74, 6) is 1.56. The van der Waals surface area contributed by atoms with Gasteiger partial charge in [-0.1, -0.05) is 37.2 Å². The molecule has 2 rings (SSSR count). The molecule has 2 N–H and O–H groups in total. The van der Waals surface area contributed by atoms with Crippen molar-refractivity contribution in [1.29, 1.82) is 0 Å². The standard InChI is InChI=1S/C16H23N3O2/c1-4-20-15(11(2)3)16-18-14(21-19-16)10-9-12-7-5-6-8-13(12)17/h5-8,11,15H,4,9-10,17H2,1-3H3. The molecule has 0 aliphatic carbocycles. The molecule has 0 spiro atoms. The van der Waals surface area contributed by atoms with Crippen molar-refractivity contribution in [2.45, 2.75) is 39.7 Å². The fourth-order valence-electron chi connectivity index (χ4n) is 2.23. The summed E-state index contributed by atoms with van der Waals surface area (Å²) in [5, 5.41) is 4.05. The van der Waals surface area contributed by atoms with E-state index >= 15 is 0 Å². The highest BCUT2D eigenvalue weighted by molar-refractivity contribution is 5.46. The molecule has 114 valence electrons. The molecule has 1 unspecified atom stereocenters. The minimum absolute atomic E-state index is 0.116. The van der Waals surface area contributed by atoms with Gasteiger partial charge in [0.15, 0.2) is 0 Å². The van der Waals surface area contributed by atoms with Gasteiger partial charge >= 0.3 is 0 Å². The van der Waals surface area contributed by atoms with Crippen LogP contribution in [0.25, 0.3) is 0 Å². The van der Waals surface area contributed by atoms with Crippen molar-refractivity contribution in [1.82, 2.24) is 10.1 Å². The SMILES string of the molecule is CCOC(c1noc(CCc2ccccc2N)n1)C(C)C. The molecule has 0 fully saturated rings. The molecular weight excluding hydrogens is 266 g/mol. The van der Waals surface area contributed by atoms with Crippen molar-refractivity contribution in [3.8, 4) is 0 Å². The van der Waals surface area contributed by atoms with E-state index in [2.05, 4.69) is 24.0 Å². The minimum Gasteiger partial charge on any atom is -0.399 e. The average Bonchev–Trinajstić information content (AvgIpc) is 2.92. The van der Waals surface area contributed by atoms with E-state index in [0.717, 1.165) is 17.7 Å². The van der Waals surface area contributed by atoms with E-state index in [4.69, 9.17) is 15.0 Å². The number of benzene rings is 1. The van der Waals surface area contributed by atoms with Gasteiger partial charge in [-0.05, 0) is 30.9 Å². The Bertz CT molecular complexity index is 566. The van der Waals surface area contributed by atoms with E-state index in [1.807, 2.05) is 31.2 Å². The van der Waals surface area contributed by atoms with Crippen LogP contribution in [0.5, 0.6) is 0 Å². The molecule has 0 aliphatic heterocycles. The highest BCUT2D eigenvalue weighted by Gasteiger charge is 2.22. The third-order valence-corrected chi connectivity index (χ3v) is 3.35. The van der Waals surface area contributed by atoms with Crippen molar-refractivity contribution in [3.05, 3.63) is 41.5 Å². The third kappa shape index (κ3) is 4.04. The summed E-state index contributed by atoms with van der Waals surface area (Å²) in [6.45, 7) is 6.77. The van der Waals surface area contributed by atoms with Crippen LogP contribution in [-0.2, 0) is 17.6 Å². The molecule has 0 saturated carbocycles. The Labute approximate surface area is 125 Å². The van der Waals surface area contributed by atoms with Crippen LogP contribution in [0.4, 0.5) is 5.69 Å². The molecule has 0 radical (unpaired) electrons. The molecule has 0 aliphatic rings. The summed E-state index contributed by atoms with van der Waals surface area (Å²) in [5.41, 5.74) is 7.83. The highest BCUT2D eigenvalue weighted by Crippen LogP contribution is 2.23. The van der Waals surface area contributed by atoms with Crippen molar-refractivity contribution in [2.24, 2.45) is 5.92 Å². The van der Waals surface area contributed by atoms with E-state index in [1.54, 1.807) is 0 Å². The molecule has 1 aromatic heterocycles. The molecule has 1 heterocycles. The van der Waals surface area contributed by atoms with Gasteiger partial charge in [0.05, 0.1) is 0 Å². The van der Waals surface area contributed by atoms with Crippen LogP contribution in [0, 0.1) is 5.92 Å². The molecule has 21 heavy (non-hydrogen) atoms. The molecule has 5 heteroatoms. The Kier molecular flexibility index (Phi) is 5.33. The van der Waals surface area contributed by atoms with Crippen LogP contribution < -0.4 is 5.73 Å². The van der Waals surface area contributed by atoms with Gasteiger partial charge in [0.2, 0.25) is 11.7 Å². The molecule has 0 amide bonds. The molecular formula is C16H23N3O2. The predicted octanol–water partition coefficient (Wildman–Crippen LogP) is 3.17. The number of nitrogens with zero attached hydrogens (tertiary/aromatic N) is 2. The Morgan fingerprint density at radius 3 is 2.67 bits per heavy atom. The Morgan fingerprint density at radius 2 is 2.00 bits per heavy atom. The predicted molar refractivity (Wildman–Crippen MR) is 81.8 cm³/mol. The van der Waals surface area contributed by atoms with Gasteiger partial charge in [0, 0.05) is 18.7 Å². The van der Waals surface area contributed by atoms with Crippen LogP contribution in [0.15, 0.2) is 28.8 Å². The van der Waals surface area contributed by atoms with E-state index < -0.39 is 0 Å². The number of rotatable bonds is 7.